The standard InChI is InChI=1S/C13H18O.C10H12O.C2H6/c1-13(2,3)12-10-7-5-4-6-9(10)8-11(12)14;1-7-9-5-3-2-4-8(9)6-10(7)11;1-2/h4-7,11-12,14H,8H2,1-3H3;2-5,7,10-11H,6H2,1H3;1-2H3/t;7-,10+;/m.0./s1. The Morgan fingerprint density at radius 2 is 1.19 bits per heavy atom. The molecule has 0 aromatic heterocycles. The molecule has 2 heteroatoms. The molecule has 4 atom stereocenters. The van der Waals surface area contributed by atoms with Gasteiger partial charge < -0.3 is 10.2 Å². The van der Waals surface area contributed by atoms with E-state index in [-0.39, 0.29) is 17.6 Å². The van der Waals surface area contributed by atoms with Crippen molar-refractivity contribution in [2.45, 2.75) is 78.4 Å². The van der Waals surface area contributed by atoms with Gasteiger partial charge in [-0.05, 0) is 40.5 Å². The van der Waals surface area contributed by atoms with Crippen molar-refractivity contribution in [3.63, 3.8) is 0 Å². The first kappa shape index (κ1) is 21.7. The van der Waals surface area contributed by atoms with E-state index in [9.17, 15) is 10.2 Å². The smallest absolute Gasteiger partial charge is 0.0654 e. The molecule has 148 valence electrons. The highest BCUT2D eigenvalue weighted by atomic mass is 16.3. The quantitative estimate of drug-likeness (QED) is 0.647. The first-order chi connectivity index (χ1) is 12.8. The molecule has 2 unspecified atom stereocenters. The maximum absolute atomic E-state index is 10.0. The summed E-state index contributed by atoms with van der Waals surface area (Å²) in [6.07, 6.45) is 1.29. The summed E-state index contributed by atoms with van der Waals surface area (Å²) in [5.41, 5.74) is 5.44. The Morgan fingerprint density at radius 3 is 1.70 bits per heavy atom. The Labute approximate surface area is 165 Å². The van der Waals surface area contributed by atoms with Crippen LogP contribution in [-0.2, 0) is 12.8 Å². The van der Waals surface area contributed by atoms with Gasteiger partial charge in [0.15, 0.2) is 0 Å². The summed E-state index contributed by atoms with van der Waals surface area (Å²) >= 11 is 0. The predicted octanol–water partition coefficient (Wildman–Crippen LogP) is 5.47. The van der Waals surface area contributed by atoms with E-state index in [1.54, 1.807) is 0 Å². The lowest BCUT2D eigenvalue weighted by Crippen LogP contribution is -2.26. The van der Waals surface area contributed by atoms with Crippen LogP contribution < -0.4 is 0 Å². The van der Waals surface area contributed by atoms with Crippen LogP contribution in [0.3, 0.4) is 0 Å². The third-order valence-corrected chi connectivity index (χ3v) is 5.69. The van der Waals surface area contributed by atoms with E-state index >= 15 is 0 Å². The molecule has 0 radical (unpaired) electrons. The van der Waals surface area contributed by atoms with Gasteiger partial charge in [-0.3, -0.25) is 0 Å². The Morgan fingerprint density at radius 1 is 0.741 bits per heavy atom. The Bertz CT molecular complexity index is 729. The van der Waals surface area contributed by atoms with Gasteiger partial charge in [-0.25, -0.2) is 0 Å². The Hall–Kier alpha value is -1.64. The topological polar surface area (TPSA) is 40.5 Å². The van der Waals surface area contributed by atoms with Crippen LogP contribution in [0, 0.1) is 5.41 Å². The summed E-state index contributed by atoms with van der Waals surface area (Å²) in [6, 6.07) is 16.7. The fourth-order valence-electron chi connectivity index (χ4n) is 4.39. The summed E-state index contributed by atoms with van der Waals surface area (Å²) in [5.74, 6) is 0.616. The van der Waals surface area contributed by atoms with Crippen molar-refractivity contribution < 1.29 is 10.2 Å². The van der Waals surface area contributed by atoms with Crippen LogP contribution in [0.15, 0.2) is 48.5 Å². The van der Waals surface area contributed by atoms with E-state index < -0.39 is 0 Å². The fourth-order valence-corrected chi connectivity index (χ4v) is 4.39. The molecular weight excluding hydrogens is 332 g/mol. The Balaban J connectivity index is 0.000000181. The van der Waals surface area contributed by atoms with Crippen molar-refractivity contribution in [1.29, 1.82) is 0 Å². The molecule has 2 N–H and O–H groups in total. The molecule has 0 aliphatic heterocycles. The van der Waals surface area contributed by atoms with Crippen molar-refractivity contribution in [3.8, 4) is 0 Å². The number of fused-ring (bicyclic) bond motifs is 2. The number of aliphatic hydroxyl groups is 2. The zero-order valence-electron chi connectivity index (χ0n) is 17.7. The summed E-state index contributed by atoms with van der Waals surface area (Å²) in [6.45, 7) is 12.7. The average Bonchev–Trinajstić information content (AvgIpc) is 3.13. The molecular formula is C25H36O2. The fraction of sp³-hybridized carbons (Fsp3) is 0.520. The molecule has 0 spiro atoms. The Kier molecular flexibility index (Phi) is 7.25. The van der Waals surface area contributed by atoms with Gasteiger partial charge in [-0.2, -0.15) is 0 Å². The molecule has 0 fully saturated rings. The van der Waals surface area contributed by atoms with Crippen LogP contribution in [0.1, 0.15) is 75.6 Å². The first-order valence-corrected chi connectivity index (χ1v) is 10.3. The second-order valence-corrected chi connectivity index (χ2v) is 8.57. The molecule has 4 rings (SSSR count). The van der Waals surface area contributed by atoms with Gasteiger partial charge in [0.1, 0.15) is 0 Å². The van der Waals surface area contributed by atoms with Crippen molar-refractivity contribution in [2.24, 2.45) is 5.41 Å². The van der Waals surface area contributed by atoms with E-state index in [4.69, 9.17) is 0 Å². The van der Waals surface area contributed by atoms with E-state index in [0.717, 1.165) is 12.8 Å². The zero-order valence-corrected chi connectivity index (χ0v) is 17.7. The molecule has 2 aromatic carbocycles. The summed E-state index contributed by atoms with van der Waals surface area (Å²) in [7, 11) is 0. The van der Waals surface area contributed by atoms with Crippen molar-refractivity contribution >= 4 is 0 Å². The predicted molar refractivity (Wildman–Crippen MR) is 114 cm³/mol. The number of rotatable bonds is 0. The van der Waals surface area contributed by atoms with Crippen molar-refractivity contribution in [2.75, 3.05) is 0 Å². The van der Waals surface area contributed by atoms with Gasteiger partial charge in [-0.1, -0.05) is 90.1 Å². The second-order valence-electron chi connectivity index (χ2n) is 8.57. The van der Waals surface area contributed by atoms with Crippen molar-refractivity contribution in [1.82, 2.24) is 0 Å². The molecule has 2 aromatic rings. The number of hydrogen-bond acceptors (Lipinski definition) is 2. The lowest BCUT2D eigenvalue weighted by Gasteiger charge is -2.30. The molecule has 0 amide bonds. The largest absolute Gasteiger partial charge is 0.392 e. The highest BCUT2D eigenvalue weighted by molar-refractivity contribution is 5.38. The molecule has 2 aliphatic rings. The minimum atomic E-state index is -0.201. The SMILES string of the molecule is CC.CC(C)(C)C1c2ccccc2CC1O.C[C@H]1c2ccccc2C[C@H]1O. The van der Waals surface area contributed by atoms with E-state index in [2.05, 4.69) is 64.1 Å². The van der Waals surface area contributed by atoms with Crippen LogP contribution in [0.25, 0.3) is 0 Å². The molecule has 0 bridgehead atoms. The maximum atomic E-state index is 10.0. The monoisotopic (exact) mass is 368 g/mol. The van der Waals surface area contributed by atoms with Gasteiger partial charge >= 0.3 is 0 Å². The third-order valence-electron chi connectivity index (χ3n) is 5.69. The number of benzene rings is 2. The van der Waals surface area contributed by atoms with E-state index in [0.29, 0.717) is 11.8 Å². The molecule has 2 nitrogen and oxygen atoms in total. The van der Waals surface area contributed by atoms with Gasteiger partial charge in [0.2, 0.25) is 0 Å². The molecule has 0 heterocycles. The molecule has 0 saturated heterocycles. The lowest BCUT2D eigenvalue weighted by molar-refractivity contribution is 0.104. The highest BCUT2D eigenvalue weighted by Gasteiger charge is 2.38. The zero-order chi connectivity index (χ0) is 20.2. The normalized spacial score (nSPS) is 25.5. The maximum Gasteiger partial charge on any atom is 0.0654 e. The highest BCUT2D eigenvalue weighted by Crippen LogP contribution is 2.44. The molecule has 2 aliphatic carbocycles. The lowest BCUT2D eigenvalue weighted by atomic mass is 9.76. The van der Waals surface area contributed by atoms with Crippen LogP contribution in [0.4, 0.5) is 0 Å². The molecule has 0 saturated carbocycles. The van der Waals surface area contributed by atoms with Crippen LogP contribution in [0.2, 0.25) is 0 Å². The summed E-state index contributed by atoms with van der Waals surface area (Å²) < 4.78 is 0. The third kappa shape index (κ3) is 4.80. The summed E-state index contributed by atoms with van der Waals surface area (Å²) in [5, 5.41) is 19.6. The van der Waals surface area contributed by atoms with Crippen LogP contribution >= 0.6 is 0 Å². The summed E-state index contributed by atoms with van der Waals surface area (Å²) in [4.78, 5) is 0. The van der Waals surface area contributed by atoms with Gasteiger partial charge in [0.05, 0.1) is 12.2 Å². The number of hydrogen-bond donors (Lipinski definition) is 2. The average molecular weight is 369 g/mol. The van der Waals surface area contributed by atoms with Gasteiger partial charge in [0, 0.05) is 11.8 Å². The first-order valence-electron chi connectivity index (χ1n) is 10.3. The van der Waals surface area contributed by atoms with Gasteiger partial charge in [0.25, 0.3) is 0 Å². The van der Waals surface area contributed by atoms with Crippen LogP contribution in [0.5, 0.6) is 0 Å². The van der Waals surface area contributed by atoms with E-state index in [1.807, 2.05) is 26.0 Å². The van der Waals surface area contributed by atoms with E-state index in [1.165, 1.54) is 22.3 Å². The van der Waals surface area contributed by atoms with Gasteiger partial charge in [-0.15, -0.1) is 0 Å². The minimum absolute atomic E-state index is 0.145. The van der Waals surface area contributed by atoms with Crippen molar-refractivity contribution in [3.05, 3.63) is 70.8 Å². The number of aliphatic hydroxyl groups excluding tert-OH is 2. The van der Waals surface area contributed by atoms with Crippen LogP contribution in [-0.4, -0.2) is 22.4 Å². The molecule has 27 heavy (non-hydrogen) atoms. The second kappa shape index (κ2) is 9.03. The minimum Gasteiger partial charge on any atom is -0.392 e.